The van der Waals surface area contributed by atoms with E-state index in [4.69, 9.17) is 0 Å². The standard InChI is InChI=1S/C9H12N2OS/c1-2-3-4-8(12)11-7-9-10-5-6-13-9/h3-6H,2,7H2,1H3,(H,11,12). The molecule has 3 nitrogen and oxygen atoms in total. The molecular weight excluding hydrogens is 184 g/mol. The first-order valence-corrected chi connectivity index (χ1v) is 5.03. The second-order valence-corrected chi connectivity index (χ2v) is 3.43. The van der Waals surface area contributed by atoms with Crippen molar-refractivity contribution in [1.82, 2.24) is 10.3 Å². The monoisotopic (exact) mass is 196 g/mol. The Kier molecular flexibility index (Phi) is 4.18. The molecule has 0 aliphatic rings. The molecule has 1 heterocycles. The average Bonchev–Trinajstić information content (AvgIpc) is 2.64. The molecule has 70 valence electrons. The van der Waals surface area contributed by atoms with E-state index in [0.29, 0.717) is 6.54 Å². The van der Waals surface area contributed by atoms with E-state index in [9.17, 15) is 4.79 Å². The molecule has 1 rings (SSSR count). The van der Waals surface area contributed by atoms with Gasteiger partial charge in [0.2, 0.25) is 5.91 Å². The van der Waals surface area contributed by atoms with Gasteiger partial charge in [0.1, 0.15) is 5.01 Å². The molecule has 0 spiro atoms. The maximum absolute atomic E-state index is 11.1. The van der Waals surface area contributed by atoms with Crippen LogP contribution < -0.4 is 5.32 Å². The van der Waals surface area contributed by atoms with E-state index in [2.05, 4.69) is 10.3 Å². The number of hydrogen-bond donors (Lipinski definition) is 1. The van der Waals surface area contributed by atoms with Crippen LogP contribution in [0.15, 0.2) is 23.7 Å². The van der Waals surface area contributed by atoms with Gasteiger partial charge in [-0.15, -0.1) is 11.3 Å². The fourth-order valence-corrected chi connectivity index (χ4v) is 1.34. The van der Waals surface area contributed by atoms with E-state index in [0.717, 1.165) is 11.4 Å². The van der Waals surface area contributed by atoms with E-state index in [1.54, 1.807) is 12.3 Å². The molecule has 0 saturated carbocycles. The van der Waals surface area contributed by atoms with Crippen LogP contribution in [0.4, 0.5) is 0 Å². The molecule has 0 aliphatic heterocycles. The van der Waals surface area contributed by atoms with Crippen molar-refractivity contribution < 1.29 is 4.79 Å². The molecule has 0 aromatic carbocycles. The quantitative estimate of drug-likeness (QED) is 0.745. The van der Waals surface area contributed by atoms with Gasteiger partial charge in [0.15, 0.2) is 0 Å². The van der Waals surface area contributed by atoms with Crippen LogP contribution in [-0.4, -0.2) is 10.9 Å². The van der Waals surface area contributed by atoms with Crippen LogP contribution in [0.5, 0.6) is 0 Å². The highest BCUT2D eigenvalue weighted by Gasteiger charge is 1.97. The molecule has 0 fully saturated rings. The van der Waals surface area contributed by atoms with Crippen molar-refractivity contribution in [3.63, 3.8) is 0 Å². The molecule has 1 amide bonds. The maximum Gasteiger partial charge on any atom is 0.244 e. The Labute approximate surface area is 81.5 Å². The summed E-state index contributed by atoms with van der Waals surface area (Å²) < 4.78 is 0. The highest BCUT2D eigenvalue weighted by Crippen LogP contribution is 2.02. The molecular formula is C9H12N2OS. The van der Waals surface area contributed by atoms with E-state index in [1.807, 2.05) is 18.4 Å². The lowest BCUT2D eigenvalue weighted by Gasteiger charge is -1.96. The number of nitrogens with zero attached hydrogens (tertiary/aromatic N) is 1. The first kappa shape index (κ1) is 9.92. The molecule has 0 bridgehead atoms. The number of thiazole rings is 1. The molecule has 1 aromatic heterocycles. The van der Waals surface area contributed by atoms with E-state index >= 15 is 0 Å². The van der Waals surface area contributed by atoms with Gasteiger partial charge >= 0.3 is 0 Å². The maximum atomic E-state index is 11.1. The first-order valence-electron chi connectivity index (χ1n) is 4.15. The van der Waals surface area contributed by atoms with Crippen molar-refractivity contribution in [2.45, 2.75) is 19.9 Å². The van der Waals surface area contributed by atoms with Crippen LogP contribution >= 0.6 is 11.3 Å². The third-order valence-electron chi connectivity index (χ3n) is 1.40. The van der Waals surface area contributed by atoms with Crippen molar-refractivity contribution in [1.29, 1.82) is 0 Å². The van der Waals surface area contributed by atoms with Gasteiger partial charge in [-0.1, -0.05) is 13.0 Å². The van der Waals surface area contributed by atoms with Crippen LogP contribution in [0.2, 0.25) is 0 Å². The zero-order valence-electron chi connectivity index (χ0n) is 7.49. The van der Waals surface area contributed by atoms with Crippen LogP contribution in [0.25, 0.3) is 0 Å². The lowest BCUT2D eigenvalue weighted by molar-refractivity contribution is -0.116. The fraction of sp³-hybridized carbons (Fsp3) is 0.333. The van der Waals surface area contributed by atoms with Crippen LogP contribution in [-0.2, 0) is 11.3 Å². The van der Waals surface area contributed by atoms with Crippen LogP contribution in [0.1, 0.15) is 18.4 Å². The number of carbonyl (C=O) groups is 1. The van der Waals surface area contributed by atoms with Gasteiger partial charge in [0.25, 0.3) is 0 Å². The second kappa shape index (κ2) is 5.48. The third kappa shape index (κ3) is 3.85. The Bertz CT molecular complexity index is 280. The smallest absolute Gasteiger partial charge is 0.244 e. The summed E-state index contributed by atoms with van der Waals surface area (Å²) >= 11 is 1.54. The predicted octanol–water partition coefficient (Wildman–Crippen LogP) is 1.73. The summed E-state index contributed by atoms with van der Waals surface area (Å²) in [5.41, 5.74) is 0. The number of allylic oxidation sites excluding steroid dienone is 1. The minimum atomic E-state index is -0.0583. The normalized spacial score (nSPS) is 10.5. The molecule has 4 heteroatoms. The third-order valence-corrected chi connectivity index (χ3v) is 2.18. The molecule has 0 aliphatic carbocycles. The topological polar surface area (TPSA) is 42.0 Å². The second-order valence-electron chi connectivity index (χ2n) is 2.45. The zero-order chi connectivity index (χ0) is 9.52. The van der Waals surface area contributed by atoms with Gasteiger partial charge < -0.3 is 5.32 Å². The summed E-state index contributed by atoms with van der Waals surface area (Å²) in [7, 11) is 0. The van der Waals surface area contributed by atoms with Crippen molar-refractivity contribution >= 4 is 17.2 Å². The summed E-state index contributed by atoms with van der Waals surface area (Å²) in [5, 5.41) is 5.56. The highest BCUT2D eigenvalue weighted by atomic mass is 32.1. The molecule has 13 heavy (non-hydrogen) atoms. The Hall–Kier alpha value is -1.16. The number of nitrogens with one attached hydrogen (secondary N) is 1. The lowest BCUT2D eigenvalue weighted by atomic mass is 10.4. The number of aromatic nitrogens is 1. The Morgan fingerprint density at radius 3 is 3.23 bits per heavy atom. The SMILES string of the molecule is CCC=CC(=O)NCc1nccs1. The summed E-state index contributed by atoms with van der Waals surface area (Å²) in [6, 6.07) is 0. The van der Waals surface area contributed by atoms with E-state index in [1.165, 1.54) is 11.3 Å². The average molecular weight is 196 g/mol. The molecule has 0 saturated heterocycles. The van der Waals surface area contributed by atoms with Gasteiger partial charge in [-0.05, 0) is 12.5 Å². The predicted molar refractivity (Wildman–Crippen MR) is 53.4 cm³/mol. The Balaban J connectivity index is 2.27. The summed E-state index contributed by atoms with van der Waals surface area (Å²) in [6.45, 7) is 2.51. The van der Waals surface area contributed by atoms with Gasteiger partial charge in [-0.3, -0.25) is 4.79 Å². The fourth-order valence-electron chi connectivity index (χ4n) is 0.787. The minimum absolute atomic E-state index is 0.0583. The van der Waals surface area contributed by atoms with Gasteiger partial charge in [0.05, 0.1) is 6.54 Å². The van der Waals surface area contributed by atoms with Gasteiger partial charge in [0, 0.05) is 11.6 Å². The summed E-state index contributed by atoms with van der Waals surface area (Å²) in [5.74, 6) is -0.0583. The van der Waals surface area contributed by atoms with Crippen molar-refractivity contribution in [3.05, 3.63) is 28.7 Å². The van der Waals surface area contributed by atoms with E-state index in [-0.39, 0.29) is 5.91 Å². The van der Waals surface area contributed by atoms with Crippen LogP contribution in [0, 0.1) is 0 Å². The number of carbonyl (C=O) groups excluding carboxylic acids is 1. The largest absolute Gasteiger partial charge is 0.346 e. The molecule has 0 radical (unpaired) electrons. The Morgan fingerprint density at radius 1 is 1.77 bits per heavy atom. The van der Waals surface area contributed by atoms with Gasteiger partial charge in [-0.2, -0.15) is 0 Å². The van der Waals surface area contributed by atoms with Crippen molar-refractivity contribution in [3.8, 4) is 0 Å². The Morgan fingerprint density at radius 2 is 2.62 bits per heavy atom. The molecule has 0 atom stereocenters. The summed E-state index contributed by atoms with van der Waals surface area (Å²) in [4.78, 5) is 15.1. The van der Waals surface area contributed by atoms with Crippen molar-refractivity contribution in [2.75, 3.05) is 0 Å². The van der Waals surface area contributed by atoms with Crippen molar-refractivity contribution in [2.24, 2.45) is 0 Å². The summed E-state index contributed by atoms with van der Waals surface area (Å²) in [6.07, 6.45) is 5.99. The number of rotatable bonds is 4. The lowest BCUT2D eigenvalue weighted by Crippen LogP contribution is -2.19. The van der Waals surface area contributed by atoms with Gasteiger partial charge in [-0.25, -0.2) is 4.98 Å². The molecule has 0 unspecified atom stereocenters. The molecule has 1 N–H and O–H groups in total. The number of hydrogen-bond acceptors (Lipinski definition) is 3. The van der Waals surface area contributed by atoms with E-state index < -0.39 is 0 Å². The molecule has 1 aromatic rings. The highest BCUT2D eigenvalue weighted by molar-refractivity contribution is 7.09. The first-order chi connectivity index (χ1) is 6.33. The van der Waals surface area contributed by atoms with Crippen LogP contribution in [0.3, 0.4) is 0 Å². The number of amides is 1. The zero-order valence-corrected chi connectivity index (χ0v) is 8.30. The minimum Gasteiger partial charge on any atom is -0.346 e.